The summed E-state index contributed by atoms with van der Waals surface area (Å²) in [6.07, 6.45) is 1.63. The Morgan fingerprint density at radius 1 is 1.08 bits per heavy atom. The molecule has 1 aromatic rings. The molecule has 1 unspecified atom stereocenters. The summed E-state index contributed by atoms with van der Waals surface area (Å²) in [7, 11) is 0. The first kappa shape index (κ1) is 19.7. The maximum Gasteiger partial charge on any atom is 0.330 e. The van der Waals surface area contributed by atoms with Gasteiger partial charge in [-0.1, -0.05) is 25.1 Å². The Morgan fingerprint density at radius 3 is 2.33 bits per heavy atom. The summed E-state index contributed by atoms with van der Waals surface area (Å²) in [5.74, 6) is -1.56. The van der Waals surface area contributed by atoms with Crippen LogP contribution in [0.15, 0.2) is 18.2 Å². The van der Waals surface area contributed by atoms with E-state index in [0.717, 1.165) is 17.5 Å². The quantitative estimate of drug-likeness (QED) is 0.645. The zero-order valence-electron chi connectivity index (χ0n) is 14.5. The average Bonchev–Trinajstić information content (AvgIpc) is 2.53. The molecular weight excluding hydrogens is 308 g/mol. The van der Waals surface area contributed by atoms with Gasteiger partial charge in [-0.3, -0.25) is 9.59 Å². The van der Waals surface area contributed by atoms with Crippen LogP contribution in [0.1, 0.15) is 55.3 Å². The lowest BCUT2D eigenvalue weighted by Gasteiger charge is -2.16. The normalized spacial score (nSPS) is 11.6. The minimum atomic E-state index is -1.10. The van der Waals surface area contributed by atoms with Crippen LogP contribution < -0.4 is 10.6 Å². The molecule has 132 valence electrons. The Morgan fingerprint density at radius 2 is 1.75 bits per heavy atom. The number of amides is 2. The number of rotatable bonds is 9. The van der Waals surface area contributed by atoms with Crippen LogP contribution in [0.25, 0.3) is 0 Å². The number of carboxylic acid groups (broad SMARTS) is 1. The number of hydrogen-bond donors (Lipinski definition) is 3. The molecule has 0 saturated carbocycles. The van der Waals surface area contributed by atoms with Gasteiger partial charge in [-0.2, -0.15) is 0 Å². The van der Waals surface area contributed by atoms with Crippen LogP contribution in [0.4, 0.5) is 0 Å². The molecule has 3 N–H and O–H groups in total. The Labute approximate surface area is 142 Å². The van der Waals surface area contributed by atoms with Gasteiger partial charge in [-0.15, -0.1) is 0 Å². The van der Waals surface area contributed by atoms with Gasteiger partial charge in [0.1, 0.15) is 0 Å². The number of aryl methyl sites for hydroxylation is 2. The molecule has 0 saturated heterocycles. The number of nitrogens with one attached hydrogen (secondary N) is 2. The molecule has 0 aliphatic carbocycles. The standard InChI is InChI=1S/C18H26N2O4/c1-4-10-19-15(21)6-5-7-16(22)20-17(18(23)24)14-9-8-12(2)13(3)11-14/h8-9,11,17H,4-7,10H2,1-3H3,(H,19,21)(H,20,22)(H,23,24). The van der Waals surface area contributed by atoms with Crippen LogP contribution in [-0.2, 0) is 14.4 Å². The van der Waals surface area contributed by atoms with Crippen LogP contribution in [0.5, 0.6) is 0 Å². The molecule has 1 rings (SSSR count). The van der Waals surface area contributed by atoms with Crippen molar-refractivity contribution < 1.29 is 19.5 Å². The van der Waals surface area contributed by atoms with E-state index in [2.05, 4.69) is 10.6 Å². The summed E-state index contributed by atoms with van der Waals surface area (Å²) in [5, 5.41) is 14.6. The molecule has 24 heavy (non-hydrogen) atoms. The Kier molecular flexibility index (Phi) is 7.95. The fraction of sp³-hybridized carbons (Fsp3) is 0.500. The highest BCUT2D eigenvalue weighted by molar-refractivity contribution is 5.85. The van der Waals surface area contributed by atoms with E-state index in [0.29, 0.717) is 18.5 Å². The van der Waals surface area contributed by atoms with Crippen molar-refractivity contribution in [1.29, 1.82) is 0 Å². The van der Waals surface area contributed by atoms with Crippen molar-refractivity contribution in [2.45, 2.75) is 52.5 Å². The van der Waals surface area contributed by atoms with Gasteiger partial charge >= 0.3 is 5.97 Å². The minimum absolute atomic E-state index is 0.0893. The lowest BCUT2D eigenvalue weighted by atomic mass is 10.0. The van der Waals surface area contributed by atoms with E-state index in [1.165, 1.54) is 0 Å². The first-order chi connectivity index (χ1) is 11.3. The average molecular weight is 334 g/mol. The van der Waals surface area contributed by atoms with Crippen LogP contribution in [0, 0.1) is 13.8 Å². The second-order valence-corrected chi connectivity index (χ2v) is 5.89. The van der Waals surface area contributed by atoms with Gasteiger partial charge in [-0.05, 0) is 43.4 Å². The Hall–Kier alpha value is -2.37. The molecule has 1 aromatic carbocycles. The van der Waals surface area contributed by atoms with Crippen molar-refractivity contribution in [3.63, 3.8) is 0 Å². The van der Waals surface area contributed by atoms with Crippen molar-refractivity contribution in [2.75, 3.05) is 6.54 Å². The van der Waals surface area contributed by atoms with Gasteiger partial charge in [0, 0.05) is 19.4 Å². The third-order valence-electron chi connectivity index (χ3n) is 3.80. The monoisotopic (exact) mass is 334 g/mol. The van der Waals surface area contributed by atoms with Gasteiger partial charge in [0.25, 0.3) is 0 Å². The number of hydrogen-bond acceptors (Lipinski definition) is 3. The molecule has 0 aliphatic heterocycles. The molecule has 0 radical (unpaired) electrons. The second-order valence-electron chi connectivity index (χ2n) is 5.89. The number of carboxylic acids is 1. The lowest BCUT2D eigenvalue weighted by molar-refractivity contribution is -0.142. The summed E-state index contributed by atoms with van der Waals surface area (Å²) in [5.41, 5.74) is 2.58. The van der Waals surface area contributed by atoms with Gasteiger partial charge in [0.2, 0.25) is 11.8 Å². The van der Waals surface area contributed by atoms with Gasteiger partial charge in [0.15, 0.2) is 6.04 Å². The largest absolute Gasteiger partial charge is 0.479 e. The highest BCUT2D eigenvalue weighted by Gasteiger charge is 2.22. The van der Waals surface area contributed by atoms with E-state index >= 15 is 0 Å². The van der Waals surface area contributed by atoms with E-state index in [1.807, 2.05) is 26.8 Å². The number of carbonyl (C=O) groups excluding carboxylic acids is 2. The van der Waals surface area contributed by atoms with Crippen LogP contribution in [-0.4, -0.2) is 29.4 Å². The van der Waals surface area contributed by atoms with Crippen LogP contribution in [0.2, 0.25) is 0 Å². The zero-order valence-corrected chi connectivity index (χ0v) is 14.5. The SMILES string of the molecule is CCCNC(=O)CCCC(=O)NC(C(=O)O)c1ccc(C)c(C)c1. The van der Waals surface area contributed by atoms with E-state index in [4.69, 9.17) is 0 Å². The van der Waals surface area contributed by atoms with E-state index in [9.17, 15) is 19.5 Å². The van der Waals surface area contributed by atoms with E-state index in [-0.39, 0.29) is 24.7 Å². The lowest BCUT2D eigenvalue weighted by Crippen LogP contribution is -2.34. The van der Waals surface area contributed by atoms with Crippen LogP contribution in [0.3, 0.4) is 0 Å². The molecule has 0 spiro atoms. The fourth-order valence-electron chi connectivity index (χ4n) is 2.23. The van der Waals surface area contributed by atoms with Gasteiger partial charge in [0.05, 0.1) is 0 Å². The van der Waals surface area contributed by atoms with Crippen molar-refractivity contribution in [3.05, 3.63) is 34.9 Å². The Balaban J connectivity index is 2.56. The highest BCUT2D eigenvalue weighted by Crippen LogP contribution is 2.18. The van der Waals surface area contributed by atoms with E-state index in [1.54, 1.807) is 12.1 Å². The molecule has 2 amide bonds. The van der Waals surface area contributed by atoms with Crippen molar-refractivity contribution in [3.8, 4) is 0 Å². The number of aliphatic carboxylic acids is 1. The number of carbonyl (C=O) groups is 3. The predicted molar refractivity (Wildman–Crippen MR) is 91.6 cm³/mol. The topological polar surface area (TPSA) is 95.5 Å². The smallest absolute Gasteiger partial charge is 0.330 e. The van der Waals surface area contributed by atoms with Crippen molar-refractivity contribution >= 4 is 17.8 Å². The van der Waals surface area contributed by atoms with Crippen molar-refractivity contribution in [2.24, 2.45) is 0 Å². The first-order valence-electron chi connectivity index (χ1n) is 8.21. The molecule has 0 fully saturated rings. The minimum Gasteiger partial charge on any atom is -0.479 e. The molecule has 1 atom stereocenters. The highest BCUT2D eigenvalue weighted by atomic mass is 16.4. The fourth-order valence-corrected chi connectivity index (χ4v) is 2.23. The van der Waals surface area contributed by atoms with Gasteiger partial charge in [-0.25, -0.2) is 4.79 Å². The molecule has 6 nitrogen and oxygen atoms in total. The molecule has 6 heteroatoms. The number of benzene rings is 1. The molecule has 0 aromatic heterocycles. The maximum absolute atomic E-state index is 12.0. The summed E-state index contributed by atoms with van der Waals surface area (Å²) in [6.45, 7) is 6.43. The predicted octanol–water partition coefficient (Wildman–Crippen LogP) is 2.24. The molecular formula is C18H26N2O4. The summed E-state index contributed by atoms with van der Waals surface area (Å²) >= 11 is 0. The zero-order chi connectivity index (χ0) is 18.1. The summed E-state index contributed by atoms with van der Waals surface area (Å²) < 4.78 is 0. The second kappa shape index (κ2) is 9.70. The molecule has 0 heterocycles. The first-order valence-corrected chi connectivity index (χ1v) is 8.21. The summed E-state index contributed by atoms with van der Waals surface area (Å²) in [4.78, 5) is 34.9. The van der Waals surface area contributed by atoms with Gasteiger partial charge < -0.3 is 15.7 Å². The van der Waals surface area contributed by atoms with E-state index < -0.39 is 12.0 Å². The summed E-state index contributed by atoms with van der Waals surface area (Å²) in [6, 6.07) is 4.24. The third-order valence-corrected chi connectivity index (χ3v) is 3.80. The maximum atomic E-state index is 12.0. The Bertz CT molecular complexity index is 599. The van der Waals surface area contributed by atoms with Crippen LogP contribution >= 0.6 is 0 Å². The van der Waals surface area contributed by atoms with Crippen molar-refractivity contribution in [1.82, 2.24) is 10.6 Å². The molecule has 0 bridgehead atoms. The molecule has 0 aliphatic rings. The third kappa shape index (κ3) is 6.40.